The van der Waals surface area contributed by atoms with Crippen molar-refractivity contribution in [2.24, 2.45) is 0 Å². The second-order valence-corrected chi connectivity index (χ2v) is 4.37. The molecule has 110 valence electrons. The smallest absolute Gasteiger partial charge is 0.416 e. The van der Waals surface area contributed by atoms with Crippen LogP contribution >= 0.6 is 0 Å². The van der Waals surface area contributed by atoms with Crippen LogP contribution in [0.3, 0.4) is 0 Å². The molecule has 2 rings (SSSR count). The van der Waals surface area contributed by atoms with Crippen LogP contribution < -0.4 is 5.32 Å². The number of benzene rings is 1. The number of rotatable bonds is 2. The predicted octanol–water partition coefficient (Wildman–Crippen LogP) is 3.37. The summed E-state index contributed by atoms with van der Waals surface area (Å²) in [6.07, 6.45) is -2.12. The third kappa shape index (κ3) is 3.31. The van der Waals surface area contributed by atoms with Gasteiger partial charge in [-0.2, -0.15) is 13.2 Å². The number of hydrogen-bond donors (Lipinski definition) is 2. The number of nitrogens with one attached hydrogen (secondary N) is 1. The molecule has 0 radical (unpaired) electrons. The Morgan fingerprint density at radius 3 is 2.62 bits per heavy atom. The number of hydrogen-bond acceptors (Lipinski definition) is 3. The molecule has 0 saturated heterocycles. The molecule has 0 aliphatic heterocycles. The molecule has 0 unspecified atom stereocenters. The second kappa shape index (κ2) is 5.43. The molecule has 0 aliphatic rings. The fourth-order valence-electron chi connectivity index (χ4n) is 1.70. The van der Waals surface area contributed by atoms with E-state index in [4.69, 9.17) is 0 Å². The van der Waals surface area contributed by atoms with Crippen LogP contribution in [0.4, 0.5) is 18.9 Å². The maximum Gasteiger partial charge on any atom is 0.416 e. The minimum absolute atomic E-state index is 0.0334. The van der Waals surface area contributed by atoms with E-state index in [1.807, 2.05) is 0 Å². The number of amides is 1. The molecule has 7 heteroatoms. The lowest BCUT2D eigenvalue weighted by Crippen LogP contribution is -2.14. The number of alkyl halides is 3. The molecule has 0 spiro atoms. The molecule has 0 saturated carbocycles. The number of aryl methyl sites for hydroxylation is 1. The van der Waals surface area contributed by atoms with Crippen LogP contribution in [-0.4, -0.2) is 16.0 Å². The highest BCUT2D eigenvalue weighted by Crippen LogP contribution is 2.32. The van der Waals surface area contributed by atoms with E-state index in [2.05, 4.69) is 10.3 Å². The van der Waals surface area contributed by atoms with Gasteiger partial charge in [0.05, 0.1) is 17.3 Å². The highest BCUT2D eigenvalue weighted by atomic mass is 19.4. The van der Waals surface area contributed by atoms with Crippen LogP contribution in [-0.2, 0) is 6.18 Å². The molecular formula is C14H11F3N2O2. The summed E-state index contributed by atoms with van der Waals surface area (Å²) in [7, 11) is 0. The highest BCUT2D eigenvalue weighted by Gasteiger charge is 2.31. The van der Waals surface area contributed by atoms with Crippen molar-refractivity contribution in [3.63, 3.8) is 0 Å². The van der Waals surface area contributed by atoms with Crippen molar-refractivity contribution in [2.75, 3.05) is 5.32 Å². The van der Waals surface area contributed by atoms with E-state index >= 15 is 0 Å². The molecule has 0 atom stereocenters. The van der Waals surface area contributed by atoms with E-state index < -0.39 is 17.6 Å². The maximum atomic E-state index is 12.7. The van der Waals surface area contributed by atoms with E-state index in [0.29, 0.717) is 5.56 Å². The minimum atomic E-state index is -4.49. The predicted molar refractivity (Wildman–Crippen MR) is 70.0 cm³/mol. The molecule has 21 heavy (non-hydrogen) atoms. The first-order valence-electron chi connectivity index (χ1n) is 5.91. The van der Waals surface area contributed by atoms with Gasteiger partial charge in [0.25, 0.3) is 5.91 Å². The minimum Gasteiger partial charge on any atom is -0.505 e. The summed E-state index contributed by atoms with van der Waals surface area (Å²) in [5, 5.41) is 11.9. The third-order valence-corrected chi connectivity index (χ3v) is 2.86. The van der Waals surface area contributed by atoms with Gasteiger partial charge in [-0.15, -0.1) is 0 Å². The zero-order valence-corrected chi connectivity index (χ0v) is 10.9. The molecule has 1 amide bonds. The van der Waals surface area contributed by atoms with Crippen molar-refractivity contribution in [1.29, 1.82) is 0 Å². The summed E-state index contributed by atoms with van der Waals surface area (Å²) in [4.78, 5) is 15.6. The zero-order chi connectivity index (χ0) is 15.6. The lowest BCUT2D eigenvalue weighted by molar-refractivity contribution is -0.137. The van der Waals surface area contributed by atoms with Gasteiger partial charge in [-0.05, 0) is 30.7 Å². The van der Waals surface area contributed by atoms with Gasteiger partial charge in [-0.1, -0.05) is 6.07 Å². The van der Waals surface area contributed by atoms with E-state index in [9.17, 15) is 23.1 Å². The molecule has 1 heterocycles. The summed E-state index contributed by atoms with van der Waals surface area (Å²) in [6.45, 7) is 1.57. The fraction of sp³-hybridized carbons (Fsp3) is 0.143. The summed E-state index contributed by atoms with van der Waals surface area (Å²) in [5.41, 5.74) is -0.417. The lowest BCUT2D eigenvalue weighted by Gasteiger charge is -2.13. The van der Waals surface area contributed by atoms with Gasteiger partial charge in [0.2, 0.25) is 0 Å². The Balaban J connectivity index is 2.31. The van der Waals surface area contributed by atoms with Crippen LogP contribution in [0.1, 0.15) is 21.5 Å². The second-order valence-electron chi connectivity index (χ2n) is 4.37. The molecule has 0 bridgehead atoms. The first kappa shape index (κ1) is 14.8. The highest BCUT2D eigenvalue weighted by molar-refractivity contribution is 6.06. The number of nitrogens with zero attached hydrogens (tertiary/aromatic N) is 1. The van der Waals surface area contributed by atoms with Crippen LogP contribution in [0, 0.1) is 6.92 Å². The van der Waals surface area contributed by atoms with Crippen LogP contribution in [0.15, 0.2) is 36.7 Å². The van der Waals surface area contributed by atoms with E-state index in [-0.39, 0.29) is 17.0 Å². The van der Waals surface area contributed by atoms with E-state index in [0.717, 1.165) is 18.3 Å². The SMILES string of the molecule is Cc1ccc(C(F)(F)F)cc1NC(=O)c1ccncc1O. The van der Waals surface area contributed by atoms with Crippen molar-refractivity contribution < 1.29 is 23.1 Å². The Morgan fingerprint density at radius 1 is 1.29 bits per heavy atom. The number of pyridine rings is 1. The molecule has 0 aliphatic carbocycles. The van der Waals surface area contributed by atoms with Crippen molar-refractivity contribution in [3.8, 4) is 5.75 Å². The van der Waals surface area contributed by atoms with E-state index in [1.165, 1.54) is 18.3 Å². The number of aromatic hydroxyl groups is 1. The molecule has 1 aromatic carbocycles. The van der Waals surface area contributed by atoms with Gasteiger partial charge in [0.1, 0.15) is 5.75 Å². The van der Waals surface area contributed by atoms with Gasteiger partial charge >= 0.3 is 6.18 Å². The number of carbonyl (C=O) groups excluding carboxylic acids is 1. The van der Waals surface area contributed by atoms with Crippen LogP contribution in [0.2, 0.25) is 0 Å². The Morgan fingerprint density at radius 2 is 2.00 bits per heavy atom. The summed E-state index contributed by atoms with van der Waals surface area (Å²) in [6, 6.07) is 4.33. The van der Waals surface area contributed by atoms with Crippen molar-refractivity contribution >= 4 is 11.6 Å². The molecule has 2 N–H and O–H groups in total. The quantitative estimate of drug-likeness (QED) is 0.893. The van der Waals surface area contributed by atoms with Crippen LogP contribution in [0.5, 0.6) is 5.75 Å². The van der Waals surface area contributed by atoms with Crippen LogP contribution in [0.25, 0.3) is 0 Å². The summed E-state index contributed by atoms with van der Waals surface area (Å²) >= 11 is 0. The maximum absolute atomic E-state index is 12.7. The normalized spacial score (nSPS) is 11.2. The zero-order valence-electron chi connectivity index (χ0n) is 10.9. The number of aromatic nitrogens is 1. The molecular weight excluding hydrogens is 285 g/mol. The average molecular weight is 296 g/mol. The average Bonchev–Trinajstić information content (AvgIpc) is 2.40. The topological polar surface area (TPSA) is 62.2 Å². The van der Waals surface area contributed by atoms with Crippen molar-refractivity contribution in [3.05, 3.63) is 53.3 Å². The van der Waals surface area contributed by atoms with Gasteiger partial charge in [-0.3, -0.25) is 9.78 Å². The summed E-state index contributed by atoms with van der Waals surface area (Å²) < 4.78 is 38.0. The molecule has 0 fully saturated rings. The van der Waals surface area contributed by atoms with Crippen molar-refractivity contribution in [1.82, 2.24) is 4.98 Å². The largest absolute Gasteiger partial charge is 0.505 e. The van der Waals surface area contributed by atoms with E-state index in [1.54, 1.807) is 6.92 Å². The first-order chi connectivity index (χ1) is 9.79. The Bertz CT molecular complexity index is 684. The van der Waals surface area contributed by atoms with Gasteiger partial charge in [0, 0.05) is 11.9 Å². The third-order valence-electron chi connectivity index (χ3n) is 2.86. The number of halogens is 3. The summed E-state index contributed by atoms with van der Waals surface area (Å²) in [5.74, 6) is -1.06. The molecule has 2 aromatic rings. The van der Waals surface area contributed by atoms with Gasteiger partial charge in [0.15, 0.2) is 0 Å². The number of anilines is 1. The Hall–Kier alpha value is -2.57. The monoisotopic (exact) mass is 296 g/mol. The Kier molecular flexibility index (Phi) is 3.84. The fourth-order valence-corrected chi connectivity index (χ4v) is 1.70. The van der Waals surface area contributed by atoms with Crippen molar-refractivity contribution in [2.45, 2.75) is 13.1 Å². The molecule has 1 aromatic heterocycles. The standard InChI is InChI=1S/C14H11F3N2O2/c1-8-2-3-9(14(15,16)17)6-11(8)19-13(21)10-4-5-18-7-12(10)20/h2-7,20H,1H3,(H,19,21). The number of carbonyl (C=O) groups is 1. The lowest BCUT2D eigenvalue weighted by atomic mass is 10.1. The molecule has 4 nitrogen and oxygen atoms in total. The van der Waals surface area contributed by atoms with Gasteiger partial charge in [-0.25, -0.2) is 0 Å². The Labute approximate surface area is 118 Å². The first-order valence-corrected chi connectivity index (χ1v) is 5.91. The van der Waals surface area contributed by atoms with Gasteiger partial charge < -0.3 is 10.4 Å².